The first-order chi connectivity index (χ1) is 12.0. The molecule has 2 aromatic rings. The Labute approximate surface area is 147 Å². The maximum absolute atomic E-state index is 12.6. The minimum Gasteiger partial charge on any atom is -0.508 e. The quantitative estimate of drug-likeness (QED) is 0.797. The molecule has 5 nitrogen and oxygen atoms in total. The zero-order valence-electron chi connectivity index (χ0n) is 14.1. The van der Waals surface area contributed by atoms with Gasteiger partial charge in [0.15, 0.2) is 0 Å². The highest BCUT2D eigenvalue weighted by molar-refractivity contribution is 5.82. The molecule has 4 N–H and O–H groups in total. The molecule has 1 aliphatic heterocycles. The first-order valence-electron chi connectivity index (χ1n) is 8.65. The number of benzene rings is 2. The lowest BCUT2D eigenvalue weighted by Crippen LogP contribution is -2.47. The molecule has 25 heavy (non-hydrogen) atoms. The van der Waals surface area contributed by atoms with E-state index in [1.165, 1.54) is 6.07 Å². The molecule has 3 rings (SSSR count). The molecule has 2 aromatic carbocycles. The number of nitrogens with zero attached hydrogens (tertiary/aromatic N) is 1. The van der Waals surface area contributed by atoms with Crippen LogP contribution in [0.3, 0.4) is 0 Å². The minimum atomic E-state index is -0.527. The van der Waals surface area contributed by atoms with Gasteiger partial charge in [-0.1, -0.05) is 36.4 Å². The lowest BCUT2D eigenvalue weighted by molar-refractivity contribution is -0.133. The topological polar surface area (TPSA) is 86.8 Å². The van der Waals surface area contributed by atoms with Crippen molar-refractivity contribution in [2.45, 2.75) is 31.2 Å². The van der Waals surface area contributed by atoms with Gasteiger partial charge in [0.2, 0.25) is 5.91 Å². The first-order valence-corrected chi connectivity index (χ1v) is 8.65. The Morgan fingerprint density at radius 2 is 1.80 bits per heavy atom. The van der Waals surface area contributed by atoms with Crippen LogP contribution in [-0.4, -0.2) is 40.2 Å². The minimum absolute atomic E-state index is 0.0165. The summed E-state index contributed by atoms with van der Waals surface area (Å²) in [6, 6.07) is 14.0. The van der Waals surface area contributed by atoms with Crippen molar-refractivity contribution in [1.29, 1.82) is 0 Å². The predicted molar refractivity (Wildman–Crippen MR) is 96.4 cm³/mol. The molecular weight excluding hydrogens is 316 g/mol. The van der Waals surface area contributed by atoms with Crippen molar-refractivity contribution < 1.29 is 15.0 Å². The summed E-state index contributed by atoms with van der Waals surface area (Å²) in [7, 11) is 0. The van der Waals surface area contributed by atoms with E-state index in [-0.39, 0.29) is 23.3 Å². The number of amides is 1. The first kappa shape index (κ1) is 17.3. The number of hydrogen-bond donors (Lipinski definition) is 3. The zero-order chi connectivity index (χ0) is 17.8. The maximum Gasteiger partial charge on any atom is 0.239 e. The average molecular weight is 340 g/mol. The molecule has 5 heteroatoms. The fourth-order valence-electron chi connectivity index (χ4n) is 3.48. The normalized spacial score (nSPS) is 16.6. The van der Waals surface area contributed by atoms with Crippen molar-refractivity contribution in [3.8, 4) is 11.5 Å². The van der Waals surface area contributed by atoms with E-state index < -0.39 is 6.04 Å². The highest BCUT2D eigenvalue weighted by Crippen LogP contribution is 2.35. The molecule has 0 aliphatic carbocycles. The zero-order valence-corrected chi connectivity index (χ0v) is 14.1. The number of aromatic hydroxyl groups is 2. The number of carbonyl (C=O) groups is 1. The SMILES string of the molecule is NC(Cc1ccccc1)C(=O)N1CCC(c2ccc(O)cc2O)CC1. The third-order valence-corrected chi connectivity index (χ3v) is 4.88. The van der Waals surface area contributed by atoms with E-state index in [2.05, 4.69) is 0 Å². The molecule has 0 saturated carbocycles. The van der Waals surface area contributed by atoms with Crippen LogP contribution in [0.1, 0.15) is 29.9 Å². The Hall–Kier alpha value is -2.53. The Kier molecular flexibility index (Phi) is 5.24. The fourth-order valence-corrected chi connectivity index (χ4v) is 3.48. The lowest BCUT2D eigenvalue weighted by Gasteiger charge is -2.34. The van der Waals surface area contributed by atoms with Gasteiger partial charge < -0.3 is 20.8 Å². The van der Waals surface area contributed by atoms with Crippen molar-refractivity contribution in [2.24, 2.45) is 5.73 Å². The molecule has 1 amide bonds. The number of hydrogen-bond acceptors (Lipinski definition) is 4. The van der Waals surface area contributed by atoms with Crippen molar-refractivity contribution in [3.05, 3.63) is 59.7 Å². The number of carbonyl (C=O) groups excluding carboxylic acids is 1. The third-order valence-electron chi connectivity index (χ3n) is 4.88. The molecule has 1 saturated heterocycles. The number of phenols is 2. The molecule has 0 aromatic heterocycles. The summed E-state index contributed by atoms with van der Waals surface area (Å²) in [5, 5.41) is 19.4. The van der Waals surface area contributed by atoms with Crippen LogP contribution in [0.2, 0.25) is 0 Å². The molecule has 1 atom stereocenters. The summed E-state index contributed by atoms with van der Waals surface area (Å²) < 4.78 is 0. The van der Waals surface area contributed by atoms with Crippen molar-refractivity contribution in [1.82, 2.24) is 4.90 Å². The Morgan fingerprint density at radius 3 is 2.44 bits per heavy atom. The largest absolute Gasteiger partial charge is 0.508 e. The number of likely N-dealkylation sites (tertiary alicyclic amines) is 1. The number of nitrogens with two attached hydrogens (primary N) is 1. The van der Waals surface area contributed by atoms with Gasteiger partial charge in [0.05, 0.1) is 6.04 Å². The Morgan fingerprint density at radius 1 is 1.12 bits per heavy atom. The molecular formula is C20H24N2O3. The van der Waals surface area contributed by atoms with E-state index in [1.807, 2.05) is 35.2 Å². The van der Waals surface area contributed by atoms with E-state index in [4.69, 9.17) is 5.73 Å². The van der Waals surface area contributed by atoms with Crippen molar-refractivity contribution >= 4 is 5.91 Å². The van der Waals surface area contributed by atoms with Crippen LogP contribution in [0.15, 0.2) is 48.5 Å². The summed E-state index contributed by atoms with van der Waals surface area (Å²) in [6.45, 7) is 1.26. The van der Waals surface area contributed by atoms with E-state index >= 15 is 0 Å². The summed E-state index contributed by atoms with van der Waals surface area (Å²) in [5.74, 6) is 0.346. The van der Waals surface area contributed by atoms with Crippen LogP contribution in [0, 0.1) is 0 Å². The smallest absolute Gasteiger partial charge is 0.239 e. The molecule has 132 valence electrons. The summed E-state index contributed by atoms with van der Waals surface area (Å²) in [5.41, 5.74) is 8.00. The van der Waals surface area contributed by atoms with E-state index in [0.717, 1.165) is 24.0 Å². The van der Waals surface area contributed by atoms with Crippen LogP contribution in [-0.2, 0) is 11.2 Å². The van der Waals surface area contributed by atoms with Gasteiger partial charge in [0.1, 0.15) is 11.5 Å². The van der Waals surface area contributed by atoms with Gasteiger partial charge in [-0.15, -0.1) is 0 Å². The fraction of sp³-hybridized carbons (Fsp3) is 0.350. The van der Waals surface area contributed by atoms with E-state index in [9.17, 15) is 15.0 Å². The number of phenolic OH excluding ortho intramolecular Hbond substituents is 2. The molecule has 1 fully saturated rings. The van der Waals surface area contributed by atoms with Gasteiger partial charge in [0, 0.05) is 19.2 Å². The van der Waals surface area contributed by atoms with Crippen LogP contribution in [0.5, 0.6) is 11.5 Å². The predicted octanol–water partition coefficient (Wildman–Crippen LogP) is 2.37. The van der Waals surface area contributed by atoms with Crippen LogP contribution >= 0.6 is 0 Å². The maximum atomic E-state index is 12.6. The highest BCUT2D eigenvalue weighted by Gasteiger charge is 2.28. The molecule has 1 unspecified atom stereocenters. The number of rotatable bonds is 4. The van der Waals surface area contributed by atoms with Crippen molar-refractivity contribution in [3.63, 3.8) is 0 Å². The van der Waals surface area contributed by atoms with Crippen LogP contribution in [0.25, 0.3) is 0 Å². The molecule has 0 bridgehead atoms. The second-order valence-corrected chi connectivity index (χ2v) is 6.64. The molecule has 0 spiro atoms. The van der Waals surface area contributed by atoms with Gasteiger partial charge in [-0.25, -0.2) is 0 Å². The lowest BCUT2D eigenvalue weighted by atomic mass is 9.88. The Bertz CT molecular complexity index is 725. The average Bonchev–Trinajstić information content (AvgIpc) is 2.62. The van der Waals surface area contributed by atoms with Crippen LogP contribution < -0.4 is 5.73 Å². The second kappa shape index (κ2) is 7.57. The highest BCUT2D eigenvalue weighted by atomic mass is 16.3. The van der Waals surface area contributed by atoms with Gasteiger partial charge >= 0.3 is 0 Å². The van der Waals surface area contributed by atoms with Gasteiger partial charge in [-0.2, -0.15) is 0 Å². The Balaban J connectivity index is 1.57. The standard InChI is InChI=1S/C20H24N2O3/c21-18(12-14-4-2-1-3-5-14)20(25)22-10-8-15(9-11-22)17-7-6-16(23)13-19(17)24/h1-7,13,15,18,23-24H,8-12,21H2. The van der Waals surface area contributed by atoms with Crippen LogP contribution in [0.4, 0.5) is 0 Å². The summed E-state index contributed by atoms with van der Waals surface area (Å²) in [4.78, 5) is 14.4. The summed E-state index contributed by atoms with van der Waals surface area (Å²) in [6.07, 6.45) is 2.10. The third kappa shape index (κ3) is 4.12. The van der Waals surface area contributed by atoms with Gasteiger partial charge in [-0.05, 0) is 42.4 Å². The summed E-state index contributed by atoms with van der Waals surface area (Å²) >= 11 is 0. The van der Waals surface area contributed by atoms with E-state index in [1.54, 1.807) is 12.1 Å². The van der Waals surface area contributed by atoms with E-state index in [0.29, 0.717) is 19.5 Å². The second-order valence-electron chi connectivity index (χ2n) is 6.64. The van der Waals surface area contributed by atoms with Gasteiger partial charge in [-0.3, -0.25) is 4.79 Å². The molecule has 1 heterocycles. The number of piperidine rings is 1. The monoisotopic (exact) mass is 340 g/mol. The molecule has 1 aliphatic rings. The molecule has 0 radical (unpaired) electrons. The van der Waals surface area contributed by atoms with Crippen molar-refractivity contribution in [2.75, 3.05) is 13.1 Å². The van der Waals surface area contributed by atoms with Gasteiger partial charge in [0.25, 0.3) is 0 Å².